The van der Waals surface area contributed by atoms with Gasteiger partial charge in [-0.2, -0.15) is 0 Å². The molecule has 6 heteroatoms. The molecule has 0 atom stereocenters. The number of piperazine rings is 1. The van der Waals surface area contributed by atoms with Crippen LogP contribution in [0, 0.1) is 0 Å². The van der Waals surface area contributed by atoms with Crippen molar-refractivity contribution in [2.24, 2.45) is 0 Å². The molecule has 1 aromatic carbocycles. The van der Waals surface area contributed by atoms with Crippen LogP contribution >= 0.6 is 22.9 Å². The van der Waals surface area contributed by atoms with Gasteiger partial charge in [0.05, 0.1) is 11.6 Å². The molecule has 2 aromatic rings. The molecule has 0 aliphatic carbocycles. The molecule has 0 bridgehead atoms. The lowest BCUT2D eigenvalue weighted by atomic mass is 10.2. The van der Waals surface area contributed by atoms with Gasteiger partial charge in [0, 0.05) is 54.2 Å². The fourth-order valence-corrected chi connectivity index (χ4v) is 4.47. The lowest BCUT2D eigenvalue weighted by Gasteiger charge is -2.34. The van der Waals surface area contributed by atoms with Crippen molar-refractivity contribution >= 4 is 38.9 Å². The molecular weight excluding hydrogens is 330 g/mol. The fourth-order valence-electron chi connectivity index (χ4n) is 2.93. The second kappa shape index (κ2) is 7.62. The predicted octanol–water partition coefficient (Wildman–Crippen LogP) is 2.81. The van der Waals surface area contributed by atoms with E-state index >= 15 is 0 Å². The third kappa shape index (κ3) is 4.04. The maximum Gasteiger partial charge on any atom is 0.234 e. The minimum absolute atomic E-state index is 0.119. The van der Waals surface area contributed by atoms with Gasteiger partial charge in [0.15, 0.2) is 0 Å². The van der Waals surface area contributed by atoms with Crippen LogP contribution in [-0.4, -0.2) is 55.0 Å². The minimum Gasteiger partial charge on any atom is -0.355 e. The fraction of sp³-hybridized carbons (Fsp3) is 0.471. The summed E-state index contributed by atoms with van der Waals surface area (Å²) < 4.78 is 1.25. The Labute approximate surface area is 146 Å². The monoisotopic (exact) mass is 351 g/mol. The van der Waals surface area contributed by atoms with Crippen LogP contribution in [0.25, 0.3) is 10.1 Å². The number of carbonyl (C=O) groups excluding carboxylic acids is 1. The Morgan fingerprint density at radius 3 is 2.61 bits per heavy atom. The zero-order chi connectivity index (χ0) is 16.2. The van der Waals surface area contributed by atoms with Crippen LogP contribution in [0.4, 0.5) is 0 Å². The normalized spacial score (nSPS) is 16.8. The van der Waals surface area contributed by atoms with Gasteiger partial charge in [-0.25, -0.2) is 0 Å². The number of rotatable bonds is 5. The lowest BCUT2D eigenvalue weighted by Crippen LogP contribution is -2.49. The summed E-state index contributed by atoms with van der Waals surface area (Å²) in [5, 5.41) is 4.91. The number of hydrogen-bond donors (Lipinski definition) is 1. The molecular formula is C17H22ClN3OS. The van der Waals surface area contributed by atoms with Crippen LogP contribution in [0.5, 0.6) is 0 Å². The van der Waals surface area contributed by atoms with E-state index in [2.05, 4.69) is 33.3 Å². The Kier molecular flexibility index (Phi) is 5.54. The van der Waals surface area contributed by atoms with Crippen molar-refractivity contribution in [3.63, 3.8) is 0 Å². The van der Waals surface area contributed by atoms with E-state index in [0.717, 1.165) is 43.1 Å². The number of halogens is 1. The van der Waals surface area contributed by atoms with Gasteiger partial charge in [-0.05, 0) is 13.0 Å². The summed E-state index contributed by atoms with van der Waals surface area (Å²) >= 11 is 8.31. The topological polar surface area (TPSA) is 35.6 Å². The van der Waals surface area contributed by atoms with E-state index in [1.807, 2.05) is 13.0 Å². The van der Waals surface area contributed by atoms with Gasteiger partial charge in [-0.1, -0.05) is 29.8 Å². The second-order valence-electron chi connectivity index (χ2n) is 5.84. The summed E-state index contributed by atoms with van der Waals surface area (Å²) in [4.78, 5) is 17.5. The van der Waals surface area contributed by atoms with E-state index in [9.17, 15) is 4.79 Å². The number of benzene rings is 1. The zero-order valence-corrected chi connectivity index (χ0v) is 14.9. The van der Waals surface area contributed by atoms with E-state index in [1.165, 1.54) is 9.58 Å². The molecule has 23 heavy (non-hydrogen) atoms. The molecule has 0 unspecified atom stereocenters. The van der Waals surface area contributed by atoms with Crippen LogP contribution in [0.1, 0.15) is 11.8 Å². The Hall–Kier alpha value is -1.14. The van der Waals surface area contributed by atoms with E-state index in [4.69, 9.17) is 11.6 Å². The largest absolute Gasteiger partial charge is 0.355 e. The molecule has 0 spiro atoms. The molecule has 4 nitrogen and oxygen atoms in total. The molecule has 124 valence electrons. The maximum atomic E-state index is 11.6. The highest BCUT2D eigenvalue weighted by atomic mass is 35.5. The number of fused-ring (bicyclic) bond motifs is 1. The molecule has 1 fully saturated rings. The number of thiophene rings is 1. The predicted molar refractivity (Wildman–Crippen MR) is 97.2 cm³/mol. The maximum absolute atomic E-state index is 11.6. The minimum atomic E-state index is 0.119. The van der Waals surface area contributed by atoms with Gasteiger partial charge in [-0.3, -0.25) is 14.6 Å². The first-order chi connectivity index (χ1) is 11.2. The van der Waals surface area contributed by atoms with Gasteiger partial charge < -0.3 is 5.32 Å². The molecule has 3 rings (SSSR count). The van der Waals surface area contributed by atoms with Crippen LogP contribution in [0.3, 0.4) is 0 Å². The van der Waals surface area contributed by atoms with Crippen LogP contribution in [0.15, 0.2) is 24.3 Å². The SMILES string of the molecule is CCNC(=O)CN1CCN(Cc2sc3ccccc3c2Cl)CC1. The van der Waals surface area contributed by atoms with Crippen LogP contribution < -0.4 is 5.32 Å². The van der Waals surface area contributed by atoms with Gasteiger partial charge in [-0.15, -0.1) is 11.3 Å². The number of carbonyl (C=O) groups is 1. The molecule has 1 amide bonds. The Balaban J connectivity index is 1.56. The third-order valence-electron chi connectivity index (χ3n) is 4.17. The van der Waals surface area contributed by atoms with Crippen molar-refractivity contribution in [1.29, 1.82) is 0 Å². The van der Waals surface area contributed by atoms with Crippen LogP contribution in [0.2, 0.25) is 5.02 Å². The highest BCUT2D eigenvalue weighted by molar-refractivity contribution is 7.19. The molecule has 1 N–H and O–H groups in total. The van der Waals surface area contributed by atoms with E-state index in [-0.39, 0.29) is 5.91 Å². The smallest absolute Gasteiger partial charge is 0.234 e. The van der Waals surface area contributed by atoms with Crippen molar-refractivity contribution in [3.8, 4) is 0 Å². The Bertz CT molecular complexity index is 680. The van der Waals surface area contributed by atoms with Crippen molar-refractivity contribution in [3.05, 3.63) is 34.2 Å². The highest BCUT2D eigenvalue weighted by Gasteiger charge is 2.20. The molecule has 1 aliphatic heterocycles. The summed E-state index contributed by atoms with van der Waals surface area (Å²) in [7, 11) is 0. The molecule has 0 saturated carbocycles. The Morgan fingerprint density at radius 1 is 1.22 bits per heavy atom. The van der Waals surface area contributed by atoms with Crippen molar-refractivity contribution in [1.82, 2.24) is 15.1 Å². The van der Waals surface area contributed by atoms with Gasteiger partial charge >= 0.3 is 0 Å². The van der Waals surface area contributed by atoms with Crippen LogP contribution in [-0.2, 0) is 11.3 Å². The highest BCUT2D eigenvalue weighted by Crippen LogP contribution is 2.35. The standard InChI is InChI=1S/C17H22ClN3OS/c1-2-19-16(22)12-21-9-7-20(8-10-21)11-15-17(18)13-5-3-4-6-14(13)23-15/h3-6H,2,7-12H2,1H3,(H,19,22). The molecule has 1 aromatic heterocycles. The van der Waals surface area contributed by atoms with Crippen molar-refractivity contribution in [2.45, 2.75) is 13.5 Å². The average molecular weight is 352 g/mol. The quantitative estimate of drug-likeness (QED) is 0.899. The number of likely N-dealkylation sites (N-methyl/N-ethyl adjacent to an activating group) is 1. The molecule has 0 radical (unpaired) electrons. The molecule has 1 aliphatic rings. The number of nitrogens with one attached hydrogen (secondary N) is 1. The molecule has 2 heterocycles. The second-order valence-corrected chi connectivity index (χ2v) is 7.36. The summed E-state index contributed by atoms with van der Waals surface area (Å²) in [6, 6.07) is 8.30. The number of nitrogens with zero attached hydrogens (tertiary/aromatic N) is 2. The first-order valence-corrected chi connectivity index (χ1v) is 9.24. The number of amides is 1. The summed E-state index contributed by atoms with van der Waals surface area (Å²) in [6.45, 7) is 7.86. The van der Waals surface area contributed by atoms with Gasteiger partial charge in [0.25, 0.3) is 0 Å². The average Bonchev–Trinajstić information content (AvgIpc) is 2.86. The van der Waals surface area contributed by atoms with E-state index in [0.29, 0.717) is 13.1 Å². The Morgan fingerprint density at radius 2 is 1.91 bits per heavy atom. The van der Waals surface area contributed by atoms with Gasteiger partial charge in [0.1, 0.15) is 0 Å². The summed E-state index contributed by atoms with van der Waals surface area (Å²) in [6.07, 6.45) is 0. The van der Waals surface area contributed by atoms with Crippen molar-refractivity contribution < 1.29 is 4.79 Å². The summed E-state index contributed by atoms with van der Waals surface area (Å²) in [5.41, 5.74) is 0. The first kappa shape index (κ1) is 16.7. The zero-order valence-electron chi connectivity index (χ0n) is 13.3. The third-order valence-corrected chi connectivity index (χ3v) is 5.87. The number of hydrogen-bond acceptors (Lipinski definition) is 4. The van der Waals surface area contributed by atoms with Gasteiger partial charge in [0.2, 0.25) is 5.91 Å². The summed E-state index contributed by atoms with van der Waals surface area (Å²) in [5.74, 6) is 0.119. The van der Waals surface area contributed by atoms with E-state index in [1.54, 1.807) is 11.3 Å². The van der Waals surface area contributed by atoms with Crippen molar-refractivity contribution in [2.75, 3.05) is 39.3 Å². The molecule has 1 saturated heterocycles. The lowest BCUT2D eigenvalue weighted by molar-refractivity contribution is -0.122. The first-order valence-electron chi connectivity index (χ1n) is 8.04. The van der Waals surface area contributed by atoms with E-state index < -0.39 is 0 Å².